The number of amides is 1. The maximum atomic E-state index is 13.0. The zero-order valence-electron chi connectivity index (χ0n) is 17.3. The van der Waals surface area contributed by atoms with Crippen molar-refractivity contribution >= 4 is 39.1 Å². The molecule has 4 rings (SSSR count). The van der Waals surface area contributed by atoms with E-state index in [1.54, 1.807) is 12.1 Å². The third kappa shape index (κ3) is 4.49. The zero-order chi connectivity index (χ0) is 21.8. The first-order chi connectivity index (χ1) is 15.1. The highest BCUT2D eigenvalue weighted by molar-refractivity contribution is 7.21. The van der Waals surface area contributed by atoms with E-state index in [0.29, 0.717) is 23.2 Å². The van der Waals surface area contributed by atoms with E-state index in [-0.39, 0.29) is 5.91 Å². The van der Waals surface area contributed by atoms with Crippen molar-refractivity contribution in [2.75, 3.05) is 5.32 Å². The number of esters is 1. The van der Waals surface area contributed by atoms with Gasteiger partial charge in [-0.2, -0.15) is 0 Å². The Balaban J connectivity index is 1.56. The topological polar surface area (TPSA) is 68.3 Å². The molecule has 0 aliphatic rings. The molecule has 0 spiro atoms. The number of hydrogen-bond donors (Lipinski definition) is 1. The summed E-state index contributed by atoms with van der Waals surface area (Å²) in [6, 6.07) is 22.5. The predicted molar refractivity (Wildman–Crippen MR) is 124 cm³/mol. The summed E-state index contributed by atoms with van der Waals surface area (Å²) in [4.78, 5) is 30.4. The molecule has 156 valence electrons. The Morgan fingerprint density at radius 1 is 1.00 bits per heavy atom. The molecule has 0 bridgehead atoms. The number of nitrogens with one attached hydrogen (secondary N) is 1. The van der Waals surface area contributed by atoms with Crippen LogP contribution < -0.4 is 5.32 Å². The highest BCUT2D eigenvalue weighted by atomic mass is 32.1. The fourth-order valence-electron chi connectivity index (χ4n) is 3.28. The number of rotatable bonds is 6. The van der Waals surface area contributed by atoms with Crippen LogP contribution in [-0.2, 0) is 9.53 Å². The number of para-hydroxylation sites is 2. The van der Waals surface area contributed by atoms with Gasteiger partial charge in [-0.15, -0.1) is 11.3 Å². The monoisotopic (exact) mass is 430 g/mol. The molecule has 1 atom stereocenters. The van der Waals surface area contributed by atoms with E-state index >= 15 is 0 Å². The maximum Gasteiger partial charge on any atom is 0.339 e. The first-order valence-electron chi connectivity index (χ1n) is 10.1. The smallest absolute Gasteiger partial charge is 0.339 e. The molecular formula is C25H22N2O3S. The second-order valence-corrected chi connectivity index (χ2v) is 8.17. The number of thiazole rings is 1. The van der Waals surface area contributed by atoms with Crippen LogP contribution in [0, 0.1) is 6.92 Å². The lowest BCUT2D eigenvalue weighted by Crippen LogP contribution is -2.32. The second-order valence-electron chi connectivity index (χ2n) is 7.14. The lowest BCUT2D eigenvalue weighted by atomic mass is 10.1. The van der Waals surface area contributed by atoms with Crippen LogP contribution in [0.25, 0.3) is 20.8 Å². The second kappa shape index (κ2) is 9.10. The van der Waals surface area contributed by atoms with Gasteiger partial charge in [0.15, 0.2) is 6.10 Å². The average Bonchev–Trinajstić information content (AvgIpc) is 3.23. The predicted octanol–water partition coefficient (Wildman–Crippen LogP) is 5.85. The molecule has 5 nitrogen and oxygen atoms in total. The summed E-state index contributed by atoms with van der Waals surface area (Å²) >= 11 is 1.52. The minimum Gasteiger partial charge on any atom is -0.449 e. The molecule has 0 aliphatic carbocycles. The fraction of sp³-hybridized carbons (Fsp3) is 0.160. The third-order valence-corrected chi connectivity index (χ3v) is 6.06. The van der Waals surface area contributed by atoms with Crippen molar-refractivity contribution in [3.8, 4) is 10.6 Å². The number of fused-ring (bicyclic) bond motifs is 1. The number of benzene rings is 3. The summed E-state index contributed by atoms with van der Waals surface area (Å²) < 4.78 is 6.67. The van der Waals surface area contributed by atoms with E-state index in [1.165, 1.54) is 11.3 Å². The number of carbonyl (C=O) groups is 2. The van der Waals surface area contributed by atoms with Gasteiger partial charge in [0, 0.05) is 11.3 Å². The van der Waals surface area contributed by atoms with Gasteiger partial charge in [0.05, 0.1) is 15.8 Å². The summed E-state index contributed by atoms with van der Waals surface area (Å²) in [6.07, 6.45) is -0.525. The molecular weight excluding hydrogens is 408 g/mol. The Bertz CT molecular complexity index is 1220. The van der Waals surface area contributed by atoms with E-state index in [1.807, 2.05) is 74.5 Å². The van der Waals surface area contributed by atoms with Crippen molar-refractivity contribution in [1.29, 1.82) is 0 Å². The molecule has 1 N–H and O–H groups in total. The molecule has 1 unspecified atom stereocenters. The molecule has 0 aliphatic heterocycles. The van der Waals surface area contributed by atoms with Crippen LogP contribution >= 0.6 is 11.3 Å². The Morgan fingerprint density at radius 3 is 2.48 bits per heavy atom. The molecule has 3 aromatic carbocycles. The van der Waals surface area contributed by atoms with Gasteiger partial charge in [0.1, 0.15) is 5.01 Å². The van der Waals surface area contributed by atoms with E-state index in [9.17, 15) is 9.59 Å². The van der Waals surface area contributed by atoms with E-state index < -0.39 is 12.1 Å². The van der Waals surface area contributed by atoms with Gasteiger partial charge in [0.25, 0.3) is 5.91 Å². The summed E-state index contributed by atoms with van der Waals surface area (Å²) in [7, 11) is 0. The van der Waals surface area contributed by atoms with Gasteiger partial charge < -0.3 is 10.1 Å². The van der Waals surface area contributed by atoms with Gasteiger partial charge in [-0.25, -0.2) is 9.78 Å². The summed E-state index contributed by atoms with van der Waals surface area (Å²) in [5.74, 6) is -0.885. The average molecular weight is 431 g/mol. The number of ether oxygens (including phenoxy) is 1. The van der Waals surface area contributed by atoms with Crippen molar-refractivity contribution in [2.45, 2.75) is 26.4 Å². The minimum atomic E-state index is -0.893. The van der Waals surface area contributed by atoms with Gasteiger partial charge in [-0.05, 0) is 43.2 Å². The number of aryl methyl sites for hydroxylation is 1. The SMILES string of the molecule is CCC(OC(=O)c1ccccc1-c1nc2ccccc2s1)C(=O)Nc1ccccc1C. The largest absolute Gasteiger partial charge is 0.449 e. The number of aromatic nitrogens is 1. The molecule has 4 aromatic rings. The summed E-state index contributed by atoms with van der Waals surface area (Å²) in [5.41, 5.74) is 3.62. The van der Waals surface area contributed by atoms with Gasteiger partial charge in [0.2, 0.25) is 0 Å². The Hall–Kier alpha value is -3.51. The van der Waals surface area contributed by atoms with Gasteiger partial charge in [-0.3, -0.25) is 4.79 Å². The molecule has 0 fully saturated rings. The van der Waals surface area contributed by atoms with Crippen molar-refractivity contribution < 1.29 is 14.3 Å². The number of carbonyl (C=O) groups excluding carboxylic acids is 2. The minimum absolute atomic E-state index is 0.345. The quantitative estimate of drug-likeness (QED) is 0.390. The lowest BCUT2D eigenvalue weighted by molar-refractivity contribution is -0.124. The molecule has 0 saturated carbocycles. The van der Waals surface area contributed by atoms with E-state index in [0.717, 1.165) is 20.8 Å². The third-order valence-electron chi connectivity index (χ3n) is 4.99. The molecule has 6 heteroatoms. The Morgan fingerprint density at radius 2 is 1.71 bits per heavy atom. The molecule has 1 aromatic heterocycles. The molecule has 1 amide bonds. The molecule has 31 heavy (non-hydrogen) atoms. The normalized spacial score (nSPS) is 11.8. The molecule has 0 saturated heterocycles. The molecule has 0 radical (unpaired) electrons. The van der Waals surface area contributed by atoms with Gasteiger partial charge in [-0.1, -0.05) is 55.5 Å². The first-order valence-corrected chi connectivity index (χ1v) is 10.9. The van der Waals surface area contributed by atoms with Crippen LogP contribution in [0.4, 0.5) is 5.69 Å². The number of anilines is 1. The zero-order valence-corrected chi connectivity index (χ0v) is 18.1. The van der Waals surface area contributed by atoms with Crippen LogP contribution in [0.15, 0.2) is 72.8 Å². The van der Waals surface area contributed by atoms with Crippen LogP contribution in [0.2, 0.25) is 0 Å². The van der Waals surface area contributed by atoms with Crippen LogP contribution in [0.5, 0.6) is 0 Å². The van der Waals surface area contributed by atoms with Crippen LogP contribution in [-0.4, -0.2) is 23.0 Å². The summed E-state index contributed by atoms with van der Waals surface area (Å²) in [6.45, 7) is 3.73. The standard InChI is InChI=1S/C25H22N2O3S/c1-3-21(23(28)26-19-13-7-4-10-16(19)2)30-25(29)18-12-6-5-11-17(18)24-27-20-14-8-9-15-22(20)31-24/h4-15,21H,3H2,1-2H3,(H,26,28). The molecule has 1 heterocycles. The van der Waals surface area contributed by atoms with Crippen molar-refractivity contribution in [3.05, 3.63) is 83.9 Å². The van der Waals surface area contributed by atoms with Gasteiger partial charge >= 0.3 is 5.97 Å². The maximum absolute atomic E-state index is 13.0. The first kappa shape index (κ1) is 20.8. The fourth-order valence-corrected chi connectivity index (χ4v) is 4.28. The van der Waals surface area contributed by atoms with Crippen molar-refractivity contribution in [1.82, 2.24) is 4.98 Å². The summed E-state index contributed by atoms with van der Waals surface area (Å²) in [5, 5.41) is 3.60. The number of nitrogens with zero attached hydrogens (tertiary/aromatic N) is 1. The van der Waals surface area contributed by atoms with Crippen LogP contribution in [0.3, 0.4) is 0 Å². The highest BCUT2D eigenvalue weighted by Gasteiger charge is 2.24. The Kier molecular flexibility index (Phi) is 6.09. The number of hydrogen-bond acceptors (Lipinski definition) is 5. The van der Waals surface area contributed by atoms with Crippen LogP contribution in [0.1, 0.15) is 29.3 Å². The Labute approximate surface area is 184 Å². The van der Waals surface area contributed by atoms with E-state index in [2.05, 4.69) is 10.3 Å². The highest BCUT2D eigenvalue weighted by Crippen LogP contribution is 2.32. The van der Waals surface area contributed by atoms with Crippen molar-refractivity contribution in [3.63, 3.8) is 0 Å². The van der Waals surface area contributed by atoms with Crippen molar-refractivity contribution in [2.24, 2.45) is 0 Å². The lowest BCUT2D eigenvalue weighted by Gasteiger charge is -2.17. The van der Waals surface area contributed by atoms with E-state index in [4.69, 9.17) is 4.74 Å².